The maximum absolute atomic E-state index is 14.5. The summed E-state index contributed by atoms with van der Waals surface area (Å²) >= 11 is 0. The number of aliphatic hydroxyl groups excluding tert-OH is 2. The lowest BCUT2D eigenvalue weighted by molar-refractivity contribution is -0.135. The van der Waals surface area contributed by atoms with Gasteiger partial charge >= 0.3 is 0 Å². The third-order valence-corrected chi connectivity index (χ3v) is 13.4. The zero-order valence-electron chi connectivity index (χ0n) is 22.2. The molecular weight excluding hydrogens is 490 g/mol. The van der Waals surface area contributed by atoms with Crippen LogP contribution < -0.4 is 9.47 Å². The molecule has 4 bridgehead atoms. The first-order valence-electron chi connectivity index (χ1n) is 13.6. The second kappa shape index (κ2) is 8.55. The third-order valence-electron chi connectivity index (χ3n) is 11.1. The van der Waals surface area contributed by atoms with E-state index in [1.165, 1.54) is 0 Å². The van der Waals surface area contributed by atoms with Crippen molar-refractivity contribution in [2.24, 2.45) is 34.5 Å². The number of hydrogen-bond donors (Lipinski definition) is 2. The molecule has 1 aliphatic heterocycles. The van der Waals surface area contributed by atoms with Crippen molar-refractivity contribution in [3.8, 4) is 11.5 Å². The van der Waals surface area contributed by atoms with Crippen LogP contribution in [-0.2, 0) is 22.0 Å². The molecule has 0 spiro atoms. The predicted octanol–water partition coefficient (Wildman–Crippen LogP) is 2.90. The van der Waals surface area contributed by atoms with Gasteiger partial charge in [0.1, 0.15) is 11.0 Å². The lowest BCUT2D eigenvalue weighted by Gasteiger charge is -2.43. The molecule has 1 aromatic carbocycles. The summed E-state index contributed by atoms with van der Waals surface area (Å²) in [5.41, 5.74) is 0.415. The molecule has 0 aromatic heterocycles. The van der Waals surface area contributed by atoms with Gasteiger partial charge in [-0.3, -0.25) is 9.00 Å². The summed E-state index contributed by atoms with van der Waals surface area (Å²) in [5, 5.41) is 22.6. The van der Waals surface area contributed by atoms with Crippen molar-refractivity contribution in [2.75, 3.05) is 26.5 Å². The van der Waals surface area contributed by atoms with Crippen LogP contribution in [0, 0.1) is 34.5 Å². The molecule has 4 aliphatic carbocycles. The van der Waals surface area contributed by atoms with E-state index in [0.717, 1.165) is 31.2 Å². The number of ether oxygens (including phenoxy) is 2. The Bertz CT molecular complexity index is 1170. The van der Waals surface area contributed by atoms with Gasteiger partial charge in [-0.25, -0.2) is 0 Å². The molecule has 1 aromatic rings. The molecule has 1 amide bonds. The summed E-state index contributed by atoms with van der Waals surface area (Å²) in [5.74, 6) is 1.37. The minimum atomic E-state index is -1.52. The Kier molecular flexibility index (Phi) is 5.87. The maximum atomic E-state index is 14.5. The molecule has 4 fully saturated rings. The van der Waals surface area contributed by atoms with E-state index in [1.54, 1.807) is 19.1 Å². The second-order valence-electron chi connectivity index (χ2n) is 12.4. The van der Waals surface area contributed by atoms with Gasteiger partial charge in [0.2, 0.25) is 5.91 Å². The number of nitrogens with zero attached hydrogens (tertiary/aromatic N) is 1. The van der Waals surface area contributed by atoms with E-state index in [1.807, 2.05) is 18.2 Å². The van der Waals surface area contributed by atoms with Crippen LogP contribution in [0.2, 0.25) is 0 Å². The average Bonchev–Trinajstić information content (AvgIpc) is 3.63. The number of methoxy groups -OCH3 is 2. The van der Waals surface area contributed by atoms with Crippen molar-refractivity contribution < 1.29 is 28.7 Å². The summed E-state index contributed by atoms with van der Waals surface area (Å²) in [7, 11) is 1.66. The van der Waals surface area contributed by atoms with Crippen molar-refractivity contribution in [2.45, 2.75) is 63.0 Å². The van der Waals surface area contributed by atoms with Crippen molar-refractivity contribution in [1.29, 1.82) is 0 Å². The van der Waals surface area contributed by atoms with E-state index in [2.05, 4.69) is 26.0 Å². The topological polar surface area (TPSA) is 96.3 Å². The minimum absolute atomic E-state index is 0.0503. The molecule has 8 heteroatoms. The first kappa shape index (κ1) is 25.4. The molecule has 7 nitrogen and oxygen atoms in total. The van der Waals surface area contributed by atoms with Crippen LogP contribution in [0.4, 0.5) is 0 Å². The Morgan fingerprint density at radius 1 is 1.11 bits per heavy atom. The van der Waals surface area contributed by atoms with Crippen molar-refractivity contribution in [3.63, 3.8) is 0 Å². The lowest BCUT2D eigenvalue weighted by Crippen LogP contribution is -2.55. The fourth-order valence-electron chi connectivity index (χ4n) is 8.83. The third kappa shape index (κ3) is 3.18. The van der Waals surface area contributed by atoms with Gasteiger partial charge in [0.05, 0.1) is 20.3 Å². The van der Waals surface area contributed by atoms with E-state index in [4.69, 9.17) is 9.47 Å². The summed E-state index contributed by atoms with van der Waals surface area (Å²) in [6.07, 6.45) is 6.66. The minimum Gasteiger partial charge on any atom is -0.493 e. The molecule has 5 aliphatic rings. The second-order valence-corrected chi connectivity index (χ2v) is 14.1. The van der Waals surface area contributed by atoms with Crippen molar-refractivity contribution in [3.05, 3.63) is 35.9 Å². The van der Waals surface area contributed by atoms with E-state index in [-0.39, 0.29) is 29.1 Å². The van der Waals surface area contributed by atoms with Crippen LogP contribution in [-0.4, -0.2) is 68.8 Å². The maximum Gasteiger partial charge on any atom is 0.244 e. The number of allylic oxidation sites excluding steroid dienone is 2. The quantitative estimate of drug-likeness (QED) is 0.503. The van der Waals surface area contributed by atoms with Crippen molar-refractivity contribution in [1.82, 2.24) is 4.90 Å². The van der Waals surface area contributed by atoms with Crippen LogP contribution >= 0.6 is 0 Å². The molecule has 1 saturated heterocycles. The smallest absolute Gasteiger partial charge is 0.244 e. The Balaban J connectivity index is 1.29. The number of carbonyl (C=O) groups is 1. The summed E-state index contributed by atoms with van der Waals surface area (Å²) in [6, 6.07) is 5.67. The van der Waals surface area contributed by atoms with Gasteiger partial charge in [0.25, 0.3) is 0 Å². The van der Waals surface area contributed by atoms with E-state index in [0.29, 0.717) is 36.1 Å². The highest BCUT2D eigenvalue weighted by atomic mass is 32.2. The molecule has 1 unspecified atom stereocenters. The number of aliphatic hydroxyl groups is 2. The Hall–Kier alpha value is -1.90. The van der Waals surface area contributed by atoms with Crippen molar-refractivity contribution >= 4 is 16.7 Å². The molecule has 3 saturated carbocycles. The zero-order chi connectivity index (χ0) is 26.3. The van der Waals surface area contributed by atoms with Crippen LogP contribution in [0.1, 0.15) is 45.1 Å². The molecule has 9 atom stereocenters. The predicted molar refractivity (Wildman–Crippen MR) is 140 cm³/mol. The summed E-state index contributed by atoms with van der Waals surface area (Å²) in [6.45, 7) is 4.75. The highest BCUT2D eigenvalue weighted by Crippen LogP contribution is 2.67. The summed E-state index contributed by atoms with van der Waals surface area (Å²) < 4.78 is 24.2. The molecule has 202 valence electrons. The van der Waals surface area contributed by atoms with Gasteiger partial charge in [-0.2, -0.15) is 0 Å². The van der Waals surface area contributed by atoms with Gasteiger partial charge in [-0.1, -0.05) is 32.1 Å². The molecule has 37 heavy (non-hydrogen) atoms. The highest BCUT2D eigenvalue weighted by molar-refractivity contribution is 7.87. The SMILES string of the molecule is COc1ccc(CCN2C(=O)[C@]3([S@](=O)C[C@]45CC[C@H](C[C@H]4O)C5(C)C)[C@H](C2O)[C@@H]2C=C[C@H]3C2)cc1OC. The van der Waals surface area contributed by atoms with Crippen LogP contribution in [0.3, 0.4) is 0 Å². The van der Waals surface area contributed by atoms with Gasteiger partial charge in [0.15, 0.2) is 11.5 Å². The lowest BCUT2D eigenvalue weighted by atomic mass is 9.70. The summed E-state index contributed by atoms with van der Waals surface area (Å²) in [4.78, 5) is 15.8. The van der Waals surface area contributed by atoms with E-state index in [9.17, 15) is 19.2 Å². The zero-order valence-corrected chi connectivity index (χ0v) is 23.0. The Morgan fingerprint density at radius 2 is 1.86 bits per heavy atom. The number of fused-ring (bicyclic) bond motifs is 7. The molecule has 1 heterocycles. The standard InChI is InChI=1S/C29H39NO6S/c1-27(2)19-9-11-28(27,23(31)15-19)16-37(34)29-20-7-6-18(14-20)24(29)25(32)30(26(29)33)12-10-17-5-8-21(35-3)22(13-17)36-4/h5-8,13,18-20,23-25,31-32H,9-12,14-16H2,1-4H3/t18-,19-,20+,23-,24+,25?,28-,29-,37-/m1/s1. The first-order valence-corrected chi connectivity index (χ1v) is 14.9. The van der Waals surface area contributed by atoms with Crippen LogP contribution in [0.15, 0.2) is 30.4 Å². The number of benzene rings is 1. The number of amides is 1. The Morgan fingerprint density at radius 3 is 2.51 bits per heavy atom. The molecule has 6 rings (SSSR count). The van der Waals surface area contributed by atoms with Crippen LogP contribution in [0.5, 0.6) is 11.5 Å². The molecule has 2 N–H and O–H groups in total. The van der Waals surface area contributed by atoms with Gasteiger partial charge < -0.3 is 24.6 Å². The van der Waals surface area contributed by atoms with E-state index < -0.39 is 33.3 Å². The monoisotopic (exact) mass is 529 g/mol. The van der Waals surface area contributed by atoms with Gasteiger partial charge in [-0.05, 0) is 67.1 Å². The molecular formula is C29H39NO6S. The fourth-order valence-corrected chi connectivity index (χ4v) is 11.7. The van der Waals surface area contributed by atoms with Crippen LogP contribution in [0.25, 0.3) is 0 Å². The van der Waals surface area contributed by atoms with E-state index >= 15 is 0 Å². The largest absolute Gasteiger partial charge is 0.493 e. The normalized spacial score (nSPS) is 41.5. The molecule has 0 radical (unpaired) electrons. The highest BCUT2D eigenvalue weighted by Gasteiger charge is 2.74. The average molecular weight is 530 g/mol. The fraction of sp³-hybridized carbons (Fsp3) is 0.690. The van der Waals surface area contributed by atoms with Gasteiger partial charge in [-0.15, -0.1) is 0 Å². The first-order chi connectivity index (χ1) is 17.6. The van der Waals surface area contributed by atoms with Gasteiger partial charge in [0, 0.05) is 40.3 Å². The number of carbonyl (C=O) groups excluding carboxylic acids is 1. The Labute approximate surface area is 221 Å². The number of likely N-dealkylation sites (tertiary alicyclic amines) is 1. The number of hydrogen-bond acceptors (Lipinski definition) is 6. The number of rotatable bonds is 8.